The predicted octanol–water partition coefficient (Wildman–Crippen LogP) is 1.25. The molecule has 0 saturated carbocycles. The Hall–Kier alpha value is -1.49. The maximum absolute atomic E-state index is 12.0. The van der Waals surface area contributed by atoms with Crippen LogP contribution in [-0.2, 0) is 11.3 Å². The Morgan fingerprint density at radius 1 is 1.47 bits per heavy atom. The average molecular weight is 240 g/mol. The van der Waals surface area contributed by atoms with Crippen LogP contribution in [0, 0.1) is 0 Å². The van der Waals surface area contributed by atoms with Gasteiger partial charge in [0, 0.05) is 13.1 Å². The van der Waals surface area contributed by atoms with Gasteiger partial charge in [0.1, 0.15) is 0 Å². The molecule has 1 atom stereocenters. The van der Waals surface area contributed by atoms with Crippen molar-refractivity contribution in [3.8, 4) is 0 Å². The second-order valence-electron chi connectivity index (χ2n) is 4.02. The zero-order valence-electron chi connectivity index (χ0n) is 9.25. The minimum Gasteiger partial charge on any atom is -0.350 e. The van der Waals surface area contributed by atoms with Crippen molar-refractivity contribution in [1.29, 1.82) is 0 Å². The van der Waals surface area contributed by atoms with Crippen LogP contribution in [0.5, 0.6) is 0 Å². The van der Waals surface area contributed by atoms with E-state index < -0.39 is 13.0 Å². The van der Waals surface area contributed by atoms with Crippen LogP contribution in [0.25, 0.3) is 0 Å². The number of alkyl halides is 2. The first-order valence-corrected chi connectivity index (χ1v) is 5.53. The highest BCUT2D eigenvalue weighted by atomic mass is 19.3. The SMILES string of the molecule is O=C(NCC(F)F)C1CNCc2ccccc21. The summed E-state index contributed by atoms with van der Waals surface area (Å²) in [5.41, 5.74) is 1.98. The molecule has 1 aromatic carbocycles. The molecule has 92 valence electrons. The fourth-order valence-corrected chi connectivity index (χ4v) is 2.03. The number of nitrogens with one attached hydrogen (secondary N) is 2. The Labute approximate surface area is 98.2 Å². The second kappa shape index (κ2) is 5.23. The first-order valence-electron chi connectivity index (χ1n) is 5.53. The minimum absolute atomic E-state index is 0.343. The van der Waals surface area contributed by atoms with E-state index in [1.165, 1.54) is 0 Å². The molecule has 1 heterocycles. The van der Waals surface area contributed by atoms with E-state index in [2.05, 4.69) is 10.6 Å². The topological polar surface area (TPSA) is 41.1 Å². The first kappa shape index (κ1) is 12.0. The van der Waals surface area contributed by atoms with Gasteiger partial charge in [-0.15, -0.1) is 0 Å². The fourth-order valence-electron chi connectivity index (χ4n) is 2.03. The zero-order valence-corrected chi connectivity index (χ0v) is 9.25. The van der Waals surface area contributed by atoms with Crippen LogP contribution in [0.15, 0.2) is 24.3 Å². The van der Waals surface area contributed by atoms with Crippen molar-refractivity contribution >= 4 is 5.91 Å². The number of fused-ring (bicyclic) bond motifs is 1. The van der Waals surface area contributed by atoms with Gasteiger partial charge in [-0.25, -0.2) is 8.78 Å². The Bertz CT molecular complexity index is 409. The van der Waals surface area contributed by atoms with Crippen LogP contribution < -0.4 is 10.6 Å². The van der Waals surface area contributed by atoms with Gasteiger partial charge in [0.05, 0.1) is 12.5 Å². The Kier molecular flexibility index (Phi) is 3.68. The summed E-state index contributed by atoms with van der Waals surface area (Å²) in [4.78, 5) is 11.8. The number of benzene rings is 1. The highest BCUT2D eigenvalue weighted by molar-refractivity contribution is 5.84. The molecule has 0 bridgehead atoms. The maximum Gasteiger partial charge on any atom is 0.255 e. The largest absolute Gasteiger partial charge is 0.350 e. The molecule has 5 heteroatoms. The second-order valence-corrected chi connectivity index (χ2v) is 4.02. The summed E-state index contributed by atoms with van der Waals surface area (Å²) in [6.45, 7) is 0.623. The molecule has 17 heavy (non-hydrogen) atoms. The fraction of sp³-hybridized carbons (Fsp3) is 0.417. The molecule has 3 nitrogen and oxygen atoms in total. The lowest BCUT2D eigenvalue weighted by atomic mass is 9.90. The lowest BCUT2D eigenvalue weighted by molar-refractivity contribution is -0.123. The third-order valence-corrected chi connectivity index (χ3v) is 2.84. The van der Waals surface area contributed by atoms with Gasteiger partial charge in [-0.1, -0.05) is 24.3 Å². The van der Waals surface area contributed by atoms with Crippen molar-refractivity contribution < 1.29 is 13.6 Å². The van der Waals surface area contributed by atoms with Gasteiger partial charge in [-0.2, -0.15) is 0 Å². The van der Waals surface area contributed by atoms with E-state index in [1.807, 2.05) is 24.3 Å². The molecular weight excluding hydrogens is 226 g/mol. The molecule has 2 rings (SSSR count). The van der Waals surface area contributed by atoms with Gasteiger partial charge < -0.3 is 10.6 Å². The summed E-state index contributed by atoms with van der Waals surface area (Å²) in [6.07, 6.45) is -2.51. The molecule has 1 aromatic rings. The lowest BCUT2D eigenvalue weighted by Crippen LogP contribution is -2.40. The van der Waals surface area contributed by atoms with Crippen molar-refractivity contribution in [1.82, 2.24) is 10.6 Å². The van der Waals surface area contributed by atoms with E-state index in [-0.39, 0.29) is 11.8 Å². The number of rotatable bonds is 3. The van der Waals surface area contributed by atoms with Gasteiger partial charge >= 0.3 is 0 Å². The molecule has 1 aliphatic heterocycles. The van der Waals surface area contributed by atoms with E-state index in [9.17, 15) is 13.6 Å². The molecule has 0 aromatic heterocycles. The summed E-state index contributed by atoms with van der Waals surface area (Å²) in [7, 11) is 0. The van der Waals surface area contributed by atoms with Crippen molar-refractivity contribution in [2.45, 2.75) is 18.9 Å². The van der Waals surface area contributed by atoms with Crippen molar-refractivity contribution in [3.05, 3.63) is 35.4 Å². The highest BCUT2D eigenvalue weighted by Crippen LogP contribution is 2.23. The lowest BCUT2D eigenvalue weighted by Gasteiger charge is -2.25. The third-order valence-electron chi connectivity index (χ3n) is 2.84. The maximum atomic E-state index is 12.0. The van der Waals surface area contributed by atoms with Gasteiger partial charge in [0.2, 0.25) is 5.91 Å². The Morgan fingerprint density at radius 2 is 2.24 bits per heavy atom. The normalized spacial score (nSPS) is 18.9. The molecule has 1 amide bonds. The predicted molar refractivity (Wildman–Crippen MR) is 59.9 cm³/mol. The van der Waals surface area contributed by atoms with Crippen molar-refractivity contribution in [3.63, 3.8) is 0 Å². The van der Waals surface area contributed by atoms with Gasteiger partial charge in [0.15, 0.2) is 0 Å². The van der Waals surface area contributed by atoms with Crippen LogP contribution >= 0.6 is 0 Å². The molecule has 0 fully saturated rings. The quantitative estimate of drug-likeness (QED) is 0.835. The molecule has 0 radical (unpaired) electrons. The summed E-state index contributed by atoms with van der Waals surface area (Å²) in [5.74, 6) is -0.719. The average Bonchev–Trinajstić information content (AvgIpc) is 2.35. The number of carbonyl (C=O) groups is 1. The summed E-state index contributed by atoms with van der Waals surface area (Å²) < 4.78 is 24.1. The number of amides is 1. The molecule has 1 unspecified atom stereocenters. The Morgan fingerprint density at radius 3 is 3.00 bits per heavy atom. The van der Waals surface area contributed by atoms with E-state index in [0.29, 0.717) is 6.54 Å². The molecule has 2 N–H and O–H groups in total. The van der Waals surface area contributed by atoms with E-state index >= 15 is 0 Å². The van der Waals surface area contributed by atoms with Gasteiger partial charge in [-0.05, 0) is 11.1 Å². The zero-order chi connectivity index (χ0) is 12.3. The van der Waals surface area contributed by atoms with E-state index in [1.54, 1.807) is 0 Å². The van der Waals surface area contributed by atoms with Crippen LogP contribution in [0.1, 0.15) is 17.0 Å². The number of hydrogen-bond acceptors (Lipinski definition) is 2. The van der Waals surface area contributed by atoms with Crippen molar-refractivity contribution in [2.24, 2.45) is 0 Å². The number of hydrogen-bond donors (Lipinski definition) is 2. The molecule has 1 aliphatic rings. The van der Waals surface area contributed by atoms with E-state index in [4.69, 9.17) is 0 Å². The van der Waals surface area contributed by atoms with Gasteiger partial charge in [-0.3, -0.25) is 4.79 Å². The molecular formula is C12H14F2N2O. The standard InChI is InChI=1S/C12H14F2N2O/c13-11(14)7-16-12(17)10-6-15-5-8-3-1-2-4-9(8)10/h1-4,10-11,15H,5-7H2,(H,16,17). The minimum atomic E-state index is -2.51. The monoisotopic (exact) mass is 240 g/mol. The van der Waals surface area contributed by atoms with Crippen LogP contribution in [0.4, 0.5) is 8.78 Å². The third kappa shape index (κ3) is 2.79. The van der Waals surface area contributed by atoms with Crippen LogP contribution in [0.2, 0.25) is 0 Å². The van der Waals surface area contributed by atoms with Gasteiger partial charge in [0.25, 0.3) is 6.43 Å². The van der Waals surface area contributed by atoms with E-state index in [0.717, 1.165) is 17.7 Å². The summed E-state index contributed by atoms with van der Waals surface area (Å²) >= 11 is 0. The smallest absolute Gasteiger partial charge is 0.255 e. The Balaban J connectivity index is 2.10. The summed E-state index contributed by atoms with van der Waals surface area (Å²) in [5, 5.41) is 5.38. The summed E-state index contributed by atoms with van der Waals surface area (Å²) in [6, 6.07) is 7.58. The van der Waals surface area contributed by atoms with Crippen LogP contribution in [-0.4, -0.2) is 25.4 Å². The molecule has 0 saturated heterocycles. The van der Waals surface area contributed by atoms with Crippen molar-refractivity contribution in [2.75, 3.05) is 13.1 Å². The number of halogens is 2. The molecule has 0 spiro atoms. The highest BCUT2D eigenvalue weighted by Gasteiger charge is 2.26. The first-order chi connectivity index (χ1) is 8.18. The molecule has 0 aliphatic carbocycles. The number of carbonyl (C=O) groups excluding carboxylic acids is 1. The van der Waals surface area contributed by atoms with Crippen LogP contribution in [0.3, 0.4) is 0 Å².